The number of amides is 1. The van der Waals surface area contributed by atoms with Gasteiger partial charge in [0.15, 0.2) is 0 Å². The van der Waals surface area contributed by atoms with Crippen molar-refractivity contribution in [2.24, 2.45) is 0 Å². The van der Waals surface area contributed by atoms with Crippen molar-refractivity contribution in [3.63, 3.8) is 0 Å². The largest absolute Gasteiger partial charge is 0.487 e. The Morgan fingerprint density at radius 1 is 1.25 bits per heavy atom. The van der Waals surface area contributed by atoms with Gasteiger partial charge in [-0.1, -0.05) is 18.2 Å². The molecule has 1 unspecified atom stereocenters. The van der Waals surface area contributed by atoms with E-state index in [9.17, 15) is 23.3 Å². The maximum atomic E-state index is 13.0. The van der Waals surface area contributed by atoms with E-state index in [1.165, 1.54) is 18.2 Å². The van der Waals surface area contributed by atoms with E-state index in [1.54, 1.807) is 6.92 Å². The maximum absolute atomic E-state index is 13.0. The molecule has 10 heteroatoms. The van der Waals surface area contributed by atoms with Gasteiger partial charge in [0.05, 0.1) is 22.9 Å². The summed E-state index contributed by atoms with van der Waals surface area (Å²) in [5.74, 6) is 0.164. The molecule has 1 aliphatic heterocycles. The van der Waals surface area contributed by atoms with Crippen molar-refractivity contribution in [3.05, 3.63) is 63.2 Å². The first-order chi connectivity index (χ1) is 14.8. The number of nitro benzene ring substituents is 1. The number of carbonyl (C=O) groups excluding carboxylic acids is 1. The molecule has 0 spiro atoms. The van der Waals surface area contributed by atoms with Crippen LogP contribution in [-0.2, 0) is 14.8 Å². The Kier molecular flexibility index (Phi) is 6.19. The number of aryl methyl sites for hydroxylation is 2. The van der Waals surface area contributed by atoms with Crippen LogP contribution in [0.3, 0.4) is 0 Å². The predicted octanol–water partition coefficient (Wildman–Crippen LogP) is 3.40. The number of hydrogen-bond acceptors (Lipinski definition) is 6. The van der Waals surface area contributed by atoms with Crippen molar-refractivity contribution in [2.75, 3.05) is 17.1 Å². The van der Waals surface area contributed by atoms with Crippen LogP contribution in [0.2, 0.25) is 0 Å². The van der Waals surface area contributed by atoms with E-state index in [-0.39, 0.29) is 17.4 Å². The van der Waals surface area contributed by atoms with Crippen molar-refractivity contribution in [3.8, 4) is 5.75 Å². The predicted molar refractivity (Wildman–Crippen MR) is 121 cm³/mol. The molecule has 1 amide bonds. The molecule has 1 N–H and O–H groups in total. The molecule has 0 saturated heterocycles. The summed E-state index contributed by atoms with van der Waals surface area (Å²) >= 11 is 0. The first-order valence-electron chi connectivity index (χ1n) is 10.1. The Labute approximate surface area is 187 Å². The fourth-order valence-electron chi connectivity index (χ4n) is 3.82. The van der Waals surface area contributed by atoms with Crippen LogP contribution in [0, 0.1) is 24.0 Å². The first-order valence-corrected chi connectivity index (χ1v) is 11.9. The summed E-state index contributed by atoms with van der Waals surface area (Å²) in [5.41, 5.74) is 1.67. The van der Waals surface area contributed by atoms with Gasteiger partial charge in [0.2, 0.25) is 15.9 Å². The number of ether oxygens (including phenoxy) is 1. The monoisotopic (exact) mass is 461 g/mol. The lowest BCUT2D eigenvalue weighted by Crippen LogP contribution is -2.45. The number of nitrogens with zero attached hydrogens (tertiary/aromatic N) is 2. The normalized spacial score (nSPS) is 17.1. The highest BCUT2D eigenvalue weighted by molar-refractivity contribution is 7.92. The zero-order valence-electron chi connectivity index (χ0n) is 18.7. The van der Waals surface area contributed by atoms with Gasteiger partial charge in [0.1, 0.15) is 17.9 Å². The number of carbonyl (C=O) groups is 1. The number of rotatable bonds is 6. The smallest absolute Gasteiger partial charge is 0.271 e. The Morgan fingerprint density at radius 2 is 1.94 bits per heavy atom. The standard InChI is InChI=1S/C22H27N3O6S/c1-14-6-9-17-18(12-22(3,4)31-20(17)10-14)23-21(26)13-24(32(5,29)30)19-11-16(25(27)28)8-7-15(19)2/h6-11,18H,12-13H2,1-5H3,(H,23,26). The van der Waals surface area contributed by atoms with Crippen LogP contribution < -0.4 is 14.4 Å². The molecule has 0 bridgehead atoms. The number of sulfonamides is 1. The van der Waals surface area contributed by atoms with E-state index < -0.39 is 33.0 Å². The van der Waals surface area contributed by atoms with Crippen LogP contribution in [0.5, 0.6) is 5.75 Å². The zero-order valence-corrected chi connectivity index (χ0v) is 19.5. The number of benzene rings is 2. The third-order valence-corrected chi connectivity index (χ3v) is 6.45. The van der Waals surface area contributed by atoms with Crippen molar-refractivity contribution in [1.29, 1.82) is 0 Å². The lowest BCUT2D eigenvalue weighted by atomic mass is 9.89. The lowest BCUT2D eigenvalue weighted by molar-refractivity contribution is -0.384. The summed E-state index contributed by atoms with van der Waals surface area (Å²) in [6, 6.07) is 9.28. The molecule has 2 aromatic rings. The van der Waals surface area contributed by atoms with Gasteiger partial charge >= 0.3 is 0 Å². The van der Waals surface area contributed by atoms with E-state index in [0.717, 1.165) is 21.7 Å². The second kappa shape index (κ2) is 8.42. The topological polar surface area (TPSA) is 119 Å². The molecule has 0 radical (unpaired) electrons. The van der Waals surface area contributed by atoms with Gasteiger partial charge in [0, 0.05) is 24.1 Å². The molecule has 0 fully saturated rings. The van der Waals surface area contributed by atoms with Crippen molar-refractivity contribution in [2.45, 2.75) is 45.8 Å². The minimum absolute atomic E-state index is 0.0974. The summed E-state index contributed by atoms with van der Waals surface area (Å²) in [6.45, 7) is 6.93. The Bertz CT molecular complexity index is 1180. The van der Waals surface area contributed by atoms with Crippen molar-refractivity contribution >= 4 is 27.3 Å². The van der Waals surface area contributed by atoms with Crippen LogP contribution >= 0.6 is 0 Å². The highest BCUT2D eigenvalue weighted by Crippen LogP contribution is 2.40. The molecular weight excluding hydrogens is 434 g/mol. The Hall–Kier alpha value is -3.14. The fraction of sp³-hybridized carbons (Fsp3) is 0.409. The Balaban J connectivity index is 1.90. The molecular formula is C22H27N3O6S. The highest BCUT2D eigenvalue weighted by atomic mass is 32.2. The fourth-order valence-corrected chi connectivity index (χ4v) is 4.72. The number of fused-ring (bicyclic) bond motifs is 1. The van der Waals surface area contributed by atoms with Crippen molar-refractivity contribution < 1.29 is 22.9 Å². The molecule has 0 aliphatic carbocycles. The first kappa shape index (κ1) is 23.5. The molecule has 1 heterocycles. The van der Waals surface area contributed by atoms with Gasteiger partial charge < -0.3 is 10.1 Å². The van der Waals surface area contributed by atoms with Crippen LogP contribution in [0.15, 0.2) is 36.4 Å². The summed E-state index contributed by atoms with van der Waals surface area (Å²) in [7, 11) is -3.88. The number of nitro groups is 1. The molecule has 32 heavy (non-hydrogen) atoms. The Morgan fingerprint density at radius 3 is 2.56 bits per heavy atom. The molecule has 1 aliphatic rings. The molecule has 9 nitrogen and oxygen atoms in total. The molecule has 1 atom stereocenters. The third-order valence-electron chi connectivity index (χ3n) is 5.32. The SMILES string of the molecule is Cc1ccc2c(c1)OC(C)(C)CC2NC(=O)CN(c1cc([N+](=O)[O-])ccc1C)S(C)(=O)=O. The highest BCUT2D eigenvalue weighted by Gasteiger charge is 2.35. The van der Waals surface area contributed by atoms with E-state index in [2.05, 4.69) is 5.32 Å². The minimum Gasteiger partial charge on any atom is -0.487 e. The zero-order chi connectivity index (χ0) is 23.8. The van der Waals surface area contributed by atoms with E-state index in [4.69, 9.17) is 4.74 Å². The lowest BCUT2D eigenvalue weighted by Gasteiger charge is -2.38. The molecule has 0 aromatic heterocycles. The van der Waals surface area contributed by atoms with E-state index >= 15 is 0 Å². The average molecular weight is 462 g/mol. The van der Waals surface area contributed by atoms with Gasteiger partial charge in [-0.2, -0.15) is 0 Å². The summed E-state index contributed by atoms with van der Waals surface area (Å²) in [5, 5.41) is 14.1. The second-order valence-corrected chi connectivity index (χ2v) is 10.6. The summed E-state index contributed by atoms with van der Waals surface area (Å²) in [6.07, 6.45) is 1.47. The number of non-ortho nitro benzene ring substituents is 1. The minimum atomic E-state index is -3.88. The van der Waals surface area contributed by atoms with Gasteiger partial charge in [-0.15, -0.1) is 0 Å². The number of hydrogen-bond donors (Lipinski definition) is 1. The molecule has 172 valence electrons. The summed E-state index contributed by atoms with van der Waals surface area (Å²) in [4.78, 5) is 23.5. The molecule has 3 rings (SSSR count). The quantitative estimate of drug-likeness (QED) is 0.520. The summed E-state index contributed by atoms with van der Waals surface area (Å²) < 4.78 is 31.9. The van der Waals surface area contributed by atoms with E-state index in [0.29, 0.717) is 17.7 Å². The number of anilines is 1. The van der Waals surface area contributed by atoms with Crippen LogP contribution in [0.4, 0.5) is 11.4 Å². The third kappa shape index (κ3) is 5.18. The molecule has 2 aromatic carbocycles. The average Bonchev–Trinajstić information content (AvgIpc) is 2.64. The number of nitrogens with one attached hydrogen (secondary N) is 1. The van der Waals surface area contributed by atoms with Crippen LogP contribution in [-0.4, -0.2) is 37.6 Å². The van der Waals surface area contributed by atoms with Crippen molar-refractivity contribution in [1.82, 2.24) is 5.32 Å². The van der Waals surface area contributed by atoms with Gasteiger partial charge in [-0.25, -0.2) is 8.42 Å². The molecule has 0 saturated carbocycles. The second-order valence-electron chi connectivity index (χ2n) is 8.72. The van der Waals surface area contributed by atoms with Gasteiger partial charge in [-0.05, 0) is 44.9 Å². The maximum Gasteiger partial charge on any atom is 0.271 e. The van der Waals surface area contributed by atoms with E-state index in [1.807, 2.05) is 39.0 Å². The van der Waals surface area contributed by atoms with Crippen LogP contribution in [0.25, 0.3) is 0 Å². The van der Waals surface area contributed by atoms with Gasteiger partial charge in [-0.3, -0.25) is 19.2 Å². The van der Waals surface area contributed by atoms with Crippen LogP contribution in [0.1, 0.15) is 43.0 Å². The van der Waals surface area contributed by atoms with Gasteiger partial charge in [0.25, 0.3) is 5.69 Å².